The third-order valence-corrected chi connectivity index (χ3v) is 16.4. The molecule has 15 rings (SSSR count). The van der Waals surface area contributed by atoms with Crippen molar-refractivity contribution in [1.29, 1.82) is 0 Å². The zero-order valence-corrected chi connectivity index (χ0v) is 43.8. The van der Waals surface area contributed by atoms with Crippen LogP contribution in [0.4, 0.5) is 87.8 Å². The average Bonchev–Trinajstić information content (AvgIpc) is 1.57. The van der Waals surface area contributed by atoms with Gasteiger partial charge in [0.05, 0.1) is 68.2 Å². The van der Waals surface area contributed by atoms with E-state index in [0.717, 1.165) is 48.6 Å². The number of aromatic nitrogens is 2. The van der Waals surface area contributed by atoms with Crippen LogP contribution in [-0.4, -0.2) is 33.5 Å². The Morgan fingerprint density at radius 1 is 0.300 bits per heavy atom. The van der Waals surface area contributed by atoms with Crippen LogP contribution in [0, 0.1) is 116 Å². The number of nitrogens with zero attached hydrogens (tertiary/aromatic N) is 2. The standard InChI is InChI=1S/C64H22F20N6/c65-41-37(42(66)50(74)57(81)49(41)73)33-25-9-10-27(85-25)35(39-45(69)53(77)59(83)54(78)46(39)70)31-15-23-19-7-3-4-8-20(19)24-16-32(90-64(24)63(23)89-31)36(40-47(71)55(79)60(84)56(80)48(40)72)28-12-11-26(86-28)34(38-43(67)51(75)58(82)52(76)44(38)68)30-14-22-18-6-2-1-5-17(18)21-13-29(33)87-61(21)62(22)88-30/h1-16,61-62,87-90H. The Bertz CT molecular complexity index is 4880. The van der Waals surface area contributed by atoms with E-state index in [2.05, 4.69) is 30.6 Å². The number of H-pyrrole nitrogens is 2. The number of hydrogen-bond acceptors (Lipinski definition) is 4. The summed E-state index contributed by atoms with van der Waals surface area (Å²) < 4.78 is 317. The summed E-state index contributed by atoms with van der Waals surface area (Å²) >= 11 is 0. The number of allylic oxidation sites excluding steroid dienone is 8. The molecule has 9 aromatic rings. The van der Waals surface area contributed by atoms with Crippen molar-refractivity contribution in [3.05, 3.63) is 281 Å². The van der Waals surface area contributed by atoms with Gasteiger partial charge in [-0.05, 0) is 81.6 Å². The van der Waals surface area contributed by atoms with Gasteiger partial charge in [0.2, 0.25) is 23.3 Å². The second-order valence-electron chi connectivity index (χ2n) is 21.0. The van der Waals surface area contributed by atoms with Gasteiger partial charge in [-0.15, -0.1) is 0 Å². The van der Waals surface area contributed by atoms with Crippen molar-refractivity contribution in [1.82, 2.24) is 20.6 Å². The van der Waals surface area contributed by atoms with Crippen LogP contribution in [-0.2, 0) is 0 Å². The first-order valence-corrected chi connectivity index (χ1v) is 26.2. The second-order valence-corrected chi connectivity index (χ2v) is 21.0. The Hall–Kier alpha value is -10.7. The summed E-state index contributed by atoms with van der Waals surface area (Å²) in [4.78, 5) is 14.4. The molecule has 7 heterocycles. The molecular weight excluding hydrogens is 1230 g/mol. The highest BCUT2D eigenvalue weighted by atomic mass is 19.2. The molecule has 0 saturated heterocycles. The molecule has 0 saturated carbocycles. The molecule has 0 amide bonds. The molecule has 90 heavy (non-hydrogen) atoms. The van der Waals surface area contributed by atoms with Gasteiger partial charge >= 0.3 is 0 Å². The maximum atomic E-state index is 16.6. The summed E-state index contributed by atoms with van der Waals surface area (Å²) in [6.07, 6.45) is 5.58. The van der Waals surface area contributed by atoms with Crippen molar-refractivity contribution in [2.75, 3.05) is 0 Å². The third-order valence-electron chi connectivity index (χ3n) is 16.4. The Morgan fingerprint density at radius 2 is 0.578 bits per heavy atom. The minimum Gasteiger partial charge on any atom is -0.375 e. The van der Waals surface area contributed by atoms with Crippen LogP contribution in [0.25, 0.3) is 66.0 Å². The van der Waals surface area contributed by atoms with E-state index >= 15 is 70.2 Å². The van der Waals surface area contributed by atoms with Gasteiger partial charge in [0, 0.05) is 55.8 Å². The van der Waals surface area contributed by atoms with E-state index in [9.17, 15) is 17.6 Å². The predicted molar refractivity (Wildman–Crippen MR) is 288 cm³/mol. The zero-order chi connectivity index (χ0) is 63.3. The quantitative estimate of drug-likeness (QED) is 0.0805. The van der Waals surface area contributed by atoms with Gasteiger partial charge in [0.15, 0.2) is 93.1 Å². The van der Waals surface area contributed by atoms with E-state index in [4.69, 9.17) is 0 Å². The van der Waals surface area contributed by atoms with Crippen LogP contribution in [0.5, 0.6) is 0 Å². The van der Waals surface area contributed by atoms with Crippen molar-refractivity contribution in [2.45, 2.75) is 12.1 Å². The normalized spacial score (nSPS) is 17.5. The van der Waals surface area contributed by atoms with Crippen LogP contribution in [0.15, 0.2) is 130 Å². The van der Waals surface area contributed by atoms with Crippen LogP contribution in [0.1, 0.15) is 44.8 Å². The molecule has 2 atom stereocenters. The molecule has 6 nitrogen and oxygen atoms in total. The predicted octanol–water partition coefficient (Wildman–Crippen LogP) is 16.4. The van der Waals surface area contributed by atoms with Crippen molar-refractivity contribution in [2.24, 2.45) is 9.98 Å². The smallest absolute Gasteiger partial charge is 0.200 e. The Labute approximate surface area is 487 Å². The molecular formula is C64H22F20N6. The van der Waals surface area contributed by atoms with Crippen LogP contribution in [0.3, 0.4) is 0 Å². The maximum absolute atomic E-state index is 16.6. The molecule has 448 valence electrons. The van der Waals surface area contributed by atoms with Crippen LogP contribution in [0.2, 0.25) is 0 Å². The van der Waals surface area contributed by atoms with E-state index in [-0.39, 0.29) is 54.9 Å². The van der Waals surface area contributed by atoms with Crippen molar-refractivity contribution >= 4 is 77.4 Å². The lowest BCUT2D eigenvalue weighted by atomic mass is 9.79. The Balaban J connectivity index is 1.13. The molecule has 12 bridgehead atoms. The van der Waals surface area contributed by atoms with Gasteiger partial charge in [-0.25, -0.2) is 97.8 Å². The summed E-state index contributed by atoms with van der Waals surface area (Å²) in [6, 6.07) is 11.0. The van der Waals surface area contributed by atoms with E-state index in [1.807, 2.05) is 0 Å². The Morgan fingerprint density at radius 3 is 0.889 bits per heavy atom. The van der Waals surface area contributed by atoms with Gasteiger partial charge in [-0.1, -0.05) is 48.5 Å². The number of aliphatic imine (C=N–C) groups is 2. The fraction of sp³-hybridized carbons (Fsp3) is 0.0312. The summed E-state index contributed by atoms with van der Waals surface area (Å²) in [5.74, 6) is -50.3. The lowest BCUT2D eigenvalue weighted by Crippen LogP contribution is -2.46. The minimum absolute atomic E-state index is 0.0394. The first-order valence-electron chi connectivity index (χ1n) is 26.2. The molecule has 2 unspecified atom stereocenters. The monoisotopic (exact) mass is 1250 g/mol. The van der Waals surface area contributed by atoms with E-state index in [0.29, 0.717) is 0 Å². The highest BCUT2D eigenvalue weighted by Gasteiger charge is 2.46. The number of halogens is 20. The zero-order valence-electron chi connectivity index (χ0n) is 43.8. The van der Waals surface area contributed by atoms with Gasteiger partial charge in [0.25, 0.3) is 0 Å². The number of fused-ring (bicyclic) bond motifs is 12. The highest BCUT2D eigenvalue weighted by molar-refractivity contribution is 6.34. The van der Waals surface area contributed by atoms with Crippen LogP contribution < -0.4 is 10.6 Å². The summed E-state index contributed by atoms with van der Waals surface area (Å²) in [5.41, 5.74) is -16.5. The summed E-state index contributed by atoms with van der Waals surface area (Å²) in [5, 5.41) is 6.05. The topological polar surface area (TPSA) is 80.4 Å². The first-order chi connectivity index (χ1) is 43.0. The Kier molecular flexibility index (Phi) is 12.1. The number of aromatic amines is 2. The van der Waals surface area contributed by atoms with Gasteiger partial charge in [-0.3, -0.25) is 0 Å². The second kappa shape index (κ2) is 19.4. The molecule has 0 fully saturated rings. The van der Waals surface area contributed by atoms with Crippen molar-refractivity contribution in [3.8, 4) is 0 Å². The van der Waals surface area contributed by atoms with E-state index < -0.39 is 219 Å². The molecule has 5 aliphatic heterocycles. The lowest BCUT2D eigenvalue weighted by molar-refractivity contribution is 0.376. The third kappa shape index (κ3) is 7.49. The van der Waals surface area contributed by atoms with Crippen molar-refractivity contribution in [3.63, 3.8) is 0 Å². The summed E-state index contributed by atoms with van der Waals surface area (Å²) in [6.45, 7) is 0. The maximum Gasteiger partial charge on any atom is 0.200 e. The molecule has 0 spiro atoms. The number of nitrogens with one attached hydrogen (secondary N) is 4. The molecule has 2 aromatic heterocycles. The average molecular weight is 1250 g/mol. The van der Waals surface area contributed by atoms with Gasteiger partial charge < -0.3 is 20.6 Å². The summed E-state index contributed by atoms with van der Waals surface area (Å²) in [7, 11) is 0. The molecule has 7 aromatic carbocycles. The molecule has 1 aliphatic carbocycles. The molecule has 0 radical (unpaired) electrons. The minimum atomic E-state index is -2.63. The molecule has 6 aliphatic rings. The SMILES string of the molecule is Fc1c(F)c(F)c(C2=C3C=C4c5ccccc5C5=CC(=C(c6c(F)c(F)c(F)c(F)c6F)C6=NC(=C(c7c(F)c(F)c(F)c(F)c7F)c7cc8c9ccccc9c9cc([nH]c9c8[nH]7)C(c7c(F)c(F)c(F)c(F)c7F)=C7C=CC2=N7)C=C6)NC5C4N3)c(F)c1F. The molecule has 4 N–H and O–H groups in total. The van der Waals surface area contributed by atoms with E-state index in [1.165, 1.54) is 48.5 Å². The highest BCUT2D eigenvalue weighted by Crippen LogP contribution is 2.50. The molecule has 26 heteroatoms. The number of hydrogen-bond donors (Lipinski definition) is 4. The lowest BCUT2D eigenvalue weighted by Gasteiger charge is -2.33. The van der Waals surface area contributed by atoms with Gasteiger partial charge in [0.1, 0.15) is 0 Å². The number of rotatable bonds is 4. The largest absolute Gasteiger partial charge is 0.375 e. The van der Waals surface area contributed by atoms with Crippen LogP contribution >= 0.6 is 0 Å². The first kappa shape index (κ1) is 55.9. The fourth-order valence-electron chi connectivity index (χ4n) is 12.5. The van der Waals surface area contributed by atoms with E-state index in [1.54, 1.807) is 0 Å². The number of benzene rings is 7. The van der Waals surface area contributed by atoms with Gasteiger partial charge in [-0.2, -0.15) is 0 Å². The van der Waals surface area contributed by atoms with Crippen molar-refractivity contribution < 1.29 is 87.8 Å². The fourth-order valence-corrected chi connectivity index (χ4v) is 12.5.